The van der Waals surface area contributed by atoms with Crippen molar-refractivity contribution in [3.05, 3.63) is 53.3 Å². The first kappa shape index (κ1) is 14.8. The maximum absolute atomic E-state index is 12.9. The summed E-state index contributed by atoms with van der Waals surface area (Å²) in [4.78, 5) is 11.8. The first-order valence-corrected chi connectivity index (χ1v) is 6.50. The molecule has 5 heteroatoms. The number of benzene rings is 2. The lowest BCUT2D eigenvalue weighted by atomic mass is 10.1. The Bertz CT molecular complexity index is 651. The number of aryl methyl sites for hydroxylation is 2. The maximum Gasteiger partial charge on any atom is 0.262 e. The number of carbonyl (C=O) groups excluding carboxylic acids is 1. The van der Waals surface area contributed by atoms with Gasteiger partial charge in [-0.05, 0) is 55.3 Å². The first-order chi connectivity index (χ1) is 9.94. The Hall–Kier alpha value is -2.56. The number of anilines is 2. The molecule has 4 nitrogen and oxygen atoms in total. The van der Waals surface area contributed by atoms with Crippen LogP contribution < -0.4 is 15.8 Å². The monoisotopic (exact) mass is 288 g/mol. The first-order valence-electron chi connectivity index (χ1n) is 6.50. The van der Waals surface area contributed by atoms with Gasteiger partial charge in [0.05, 0.1) is 11.4 Å². The van der Waals surface area contributed by atoms with E-state index in [2.05, 4.69) is 5.32 Å². The van der Waals surface area contributed by atoms with Gasteiger partial charge in [-0.1, -0.05) is 6.07 Å². The molecule has 0 bridgehead atoms. The number of nitrogens with two attached hydrogens (primary N) is 1. The summed E-state index contributed by atoms with van der Waals surface area (Å²) in [6.07, 6.45) is 0. The van der Waals surface area contributed by atoms with E-state index in [-0.39, 0.29) is 18.2 Å². The van der Waals surface area contributed by atoms with Crippen LogP contribution in [0.4, 0.5) is 15.8 Å². The van der Waals surface area contributed by atoms with Gasteiger partial charge in [-0.3, -0.25) is 4.79 Å². The van der Waals surface area contributed by atoms with Crippen molar-refractivity contribution in [2.75, 3.05) is 17.7 Å². The third kappa shape index (κ3) is 4.21. The van der Waals surface area contributed by atoms with Gasteiger partial charge in [-0.25, -0.2) is 4.39 Å². The van der Waals surface area contributed by atoms with Gasteiger partial charge in [0.2, 0.25) is 0 Å². The fourth-order valence-corrected chi connectivity index (χ4v) is 2.00. The summed E-state index contributed by atoms with van der Waals surface area (Å²) in [5, 5.41) is 2.58. The van der Waals surface area contributed by atoms with Gasteiger partial charge in [0, 0.05) is 0 Å². The van der Waals surface area contributed by atoms with Gasteiger partial charge >= 0.3 is 0 Å². The fourth-order valence-electron chi connectivity index (χ4n) is 2.00. The zero-order valence-electron chi connectivity index (χ0n) is 11.9. The van der Waals surface area contributed by atoms with Crippen LogP contribution in [0.15, 0.2) is 36.4 Å². The molecule has 0 unspecified atom stereocenters. The van der Waals surface area contributed by atoms with E-state index >= 15 is 0 Å². The SMILES string of the molecule is Cc1cc(C)cc(OCC(=O)Nc2ccc(F)cc2N)c1. The Labute approximate surface area is 122 Å². The number of ether oxygens (including phenoxy) is 1. The summed E-state index contributed by atoms with van der Waals surface area (Å²) < 4.78 is 18.4. The minimum atomic E-state index is -0.447. The average Bonchev–Trinajstić information content (AvgIpc) is 2.39. The summed E-state index contributed by atoms with van der Waals surface area (Å²) in [6.45, 7) is 3.78. The van der Waals surface area contributed by atoms with E-state index in [1.807, 2.05) is 32.0 Å². The molecule has 0 spiro atoms. The second kappa shape index (κ2) is 6.26. The molecule has 0 aliphatic rings. The Morgan fingerprint density at radius 2 is 1.86 bits per heavy atom. The minimum Gasteiger partial charge on any atom is -0.484 e. The van der Waals surface area contributed by atoms with Crippen molar-refractivity contribution < 1.29 is 13.9 Å². The second-order valence-corrected chi connectivity index (χ2v) is 4.89. The molecule has 0 heterocycles. The minimum absolute atomic E-state index is 0.139. The number of carbonyl (C=O) groups is 1. The van der Waals surface area contributed by atoms with Crippen molar-refractivity contribution in [2.24, 2.45) is 0 Å². The molecule has 0 saturated carbocycles. The molecular formula is C16H17FN2O2. The second-order valence-electron chi connectivity index (χ2n) is 4.89. The Balaban J connectivity index is 1.95. The van der Waals surface area contributed by atoms with E-state index in [9.17, 15) is 9.18 Å². The number of hydrogen-bond donors (Lipinski definition) is 2. The molecule has 0 radical (unpaired) electrons. The molecule has 110 valence electrons. The van der Waals surface area contributed by atoms with Crippen LogP contribution in [-0.2, 0) is 4.79 Å². The summed E-state index contributed by atoms with van der Waals surface area (Å²) in [6, 6.07) is 9.53. The molecule has 0 aromatic heterocycles. The molecule has 0 saturated heterocycles. The Morgan fingerprint density at radius 1 is 1.19 bits per heavy atom. The van der Waals surface area contributed by atoms with E-state index < -0.39 is 5.82 Å². The van der Waals surface area contributed by atoms with E-state index in [1.165, 1.54) is 12.1 Å². The van der Waals surface area contributed by atoms with Gasteiger partial charge < -0.3 is 15.8 Å². The van der Waals surface area contributed by atoms with Gasteiger partial charge in [0.25, 0.3) is 5.91 Å². The van der Waals surface area contributed by atoms with Crippen LogP contribution in [-0.4, -0.2) is 12.5 Å². The van der Waals surface area contributed by atoms with Crippen LogP contribution in [0.1, 0.15) is 11.1 Å². The van der Waals surface area contributed by atoms with Crippen LogP contribution in [0.2, 0.25) is 0 Å². The lowest BCUT2D eigenvalue weighted by Crippen LogP contribution is -2.20. The third-order valence-corrected chi connectivity index (χ3v) is 2.85. The van der Waals surface area contributed by atoms with Crippen molar-refractivity contribution in [1.29, 1.82) is 0 Å². The van der Waals surface area contributed by atoms with Crippen LogP contribution in [0, 0.1) is 19.7 Å². The molecule has 21 heavy (non-hydrogen) atoms. The van der Waals surface area contributed by atoms with Gasteiger partial charge in [-0.2, -0.15) is 0 Å². The third-order valence-electron chi connectivity index (χ3n) is 2.85. The van der Waals surface area contributed by atoms with Crippen LogP contribution in [0.25, 0.3) is 0 Å². The summed E-state index contributed by atoms with van der Waals surface area (Å²) in [5.74, 6) is -0.167. The van der Waals surface area contributed by atoms with Crippen molar-refractivity contribution in [1.82, 2.24) is 0 Å². The zero-order chi connectivity index (χ0) is 15.4. The maximum atomic E-state index is 12.9. The Morgan fingerprint density at radius 3 is 2.48 bits per heavy atom. The topological polar surface area (TPSA) is 64.3 Å². The molecule has 2 rings (SSSR count). The zero-order valence-corrected chi connectivity index (χ0v) is 11.9. The summed E-state index contributed by atoms with van der Waals surface area (Å²) in [7, 11) is 0. The van der Waals surface area contributed by atoms with Crippen molar-refractivity contribution >= 4 is 17.3 Å². The lowest BCUT2D eigenvalue weighted by Gasteiger charge is -2.10. The van der Waals surface area contributed by atoms with Crippen LogP contribution >= 0.6 is 0 Å². The molecule has 0 fully saturated rings. The number of rotatable bonds is 4. The van der Waals surface area contributed by atoms with E-state index in [1.54, 1.807) is 0 Å². The van der Waals surface area contributed by atoms with Crippen LogP contribution in [0.3, 0.4) is 0 Å². The van der Waals surface area contributed by atoms with Gasteiger partial charge in [0.1, 0.15) is 11.6 Å². The normalized spacial score (nSPS) is 10.2. The molecule has 2 aromatic carbocycles. The molecule has 2 aromatic rings. The smallest absolute Gasteiger partial charge is 0.262 e. The van der Waals surface area contributed by atoms with E-state index in [4.69, 9.17) is 10.5 Å². The summed E-state index contributed by atoms with van der Waals surface area (Å²) in [5.41, 5.74) is 8.29. The standard InChI is InChI=1S/C16H17FN2O2/c1-10-5-11(2)7-13(6-10)21-9-16(20)19-15-4-3-12(17)8-14(15)18/h3-8H,9,18H2,1-2H3,(H,19,20). The van der Waals surface area contributed by atoms with Crippen molar-refractivity contribution in [3.63, 3.8) is 0 Å². The highest BCUT2D eigenvalue weighted by molar-refractivity contribution is 5.94. The van der Waals surface area contributed by atoms with E-state index in [0.717, 1.165) is 17.2 Å². The number of amides is 1. The summed E-state index contributed by atoms with van der Waals surface area (Å²) >= 11 is 0. The lowest BCUT2D eigenvalue weighted by molar-refractivity contribution is -0.118. The quantitative estimate of drug-likeness (QED) is 0.850. The molecule has 0 aliphatic carbocycles. The average molecular weight is 288 g/mol. The number of hydrogen-bond acceptors (Lipinski definition) is 3. The molecule has 3 N–H and O–H groups in total. The molecule has 0 atom stereocenters. The number of halogens is 1. The number of nitrogen functional groups attached to an aromatic ring is 1. The van der Waals surface area contributed by atoms with E-state index in [0.29, 0.717) is 11.4 Å². The van der Waals surface area contributed by atoms with Crippen LogP contribution in [0.5, 0.6) is 5.75 Å². The van der Waals surface area contributed by atoms with Crippen molar-refractivity contribution in [3.8, 4) is 5.75 Å². The molecular weight excluding hydrogens is 271 g/mol. The molecule has 0 aliphatic heterocycles. The highest BCUT2D eigenvalue weighted by Crippen LogP contribution is 2.19. The number of nitrogens with one attached hydrogen (secondary N) is 1. The van der Waals surface area contributed by atoms with Gasteiger partial charge in [0.15, 0.2) is 6.61 Å². The van der Waals surface area contributed by atoms with Crippen molar-refractivity contribution in [2.45, 2.75) is 13.8 Å². The Kier molecular flexibility index (Phi) is 4.42. The predicted molar refractivity (Wildman–Crippen MR) is 80.9 cm³/mol. The highest BCUT2D eigenvalue weighted by Gasteiger charge is 2.07. The predicted octanol–water partition coefficient (Wildman–Crippen LogP) is 3.04. The largest absolute Gasteiger partial charge is 0.484 e. The van der Waals surface area contributed by atoms with Gasteiger partial charge in [-0.15, -0.1) is 0 Å². The molecule has 1 amide bonds. The highest BCUT2D eigenvalue weighted by atomic mass is 19.1. The fraction of sp³-hybridized carbons (Fsp3) is 0.188.